The van der Waals surface area contributed by atoms with Crippen LogP contribution in [0.25, 0.3) is 0 Å². The standard InChI is InChI=1S/C6H14N2O2S/c1-11(9,10)8-3-2-6(4-7)5-8/h6H,2-5,7H2,1H3. The first-order chi connectivity index (χ1) is 5.04. The Bertz CT molecular complexity index is 225. The molecule has 0 saturated carbocycles. The third kappa shape index (κ3) is 2.15. The monoisotopic (exact) mass is 178 g/mol. The first-order valence-corrected chi connectivity index (χ1v) is 5.54. The van der Waals surface area contributed by atoms with Crippen molar-refractivity contribution in [2.45, 2.75) is 6.42 Å². The molecule has 0 aromatic heterocycles. The number of hydrogen-bond acceptors (Lipinski definition) is 3. The summed E-state index contributed by atoms with van der Waals surface area (Å²) in [6, 6.07) is 0. The van der Waals surface area contributed by atoms with E-state index in [2.05, 4.69) is 0 Å². The van der Waals surface area contributed by atoms with Gasteiger partial charge in [0.1, 0.15) is 0 Å². The molecule has 1 unspecified atom stereocenters. The molecule has 1 saturated heterocycles. The van der Waals surface area contributed by atoms with Crippen molar-refractivity contribution in [3.8, 4) is 0 Å². The molecule has 4 nitrogen and oxygen atoms in total. The molecule has 1 aliphatic rings. The largest absolute Gasteiger partial charge is 0.330 e. The smallest absolute Gasteiger partial charge is 0.211 e. The van der Waals surface area contributed by atoms with Crippen LogP contribution in [0.5, 0.6) is 0 Å². The van der Waals surface area contributed by atoms with Gasteiger partial charge in [-0.1, -0.05) is 0 Å². The zero-order valence-corrected chi connectivity index (χ0v) is 7.47. The molecule has 0 amide bonds. The lowest BCUT2D eigenvalue weighted by Crippen LogP contribution is -2.28. The van der Waals surface area contributed by atoms with Gasteiger partial charge in [-0.05, 0) is 18.9 Å². The average Bonchev–Trinajstić information content (AvgIpc) is 2.32. The normalized spacial score (nSPS) is 27.6. The Kier molecular flexibility index (Phi) is 2.51. The number of sulfonamides is 1. The molecule has 1 aliphatic heterocycles. The number of hydrogen-bond donors (Lipinski definition) is 1. The summed E-state index contributed by atoms with van der Waals surface area (Å²) in [6.07, 6.45) is 2.15. The lowest BCUT2D eigenvalue weighted by atomic mass is 10.1. The summed E-state index contributed by atoms with van der Waals surface area (Å²) in [5, 5.41) is 0. The van der Waals surface area contributed by atoms with Crippen molar-refractivity contribution in [3.63, 3.8) is 0 Å². The van der Waals surface area contributed by atoms with Crippen molar-refractivity contribution in [1.29, 1.82) is 0 Å². The Morgan fingerprint density at radius 3 is 2.55 bits per heavy atom. The Hall–Kier alpha value is -0.130. The van der Waals surface area contributed by atoms with Crippen LogP contribution >= 0.6 is 0 Å². The molecule has 0 bridgehead atoms. The quantitative estimate of drug-likeness (QED) is 0.603. The lowest BCUT2D eigenvalue weighted by molar-refractivity contribution is 0.464. The van der Waals surface area contributed by atoms with Gasteiger partial charge in [0.25, 0.3) is 0 Å². The van der Waals surface area contributed by atoms with Crippen molar-refractivity contribution in [2.24, 2.45) is 11.7 Å². The Labute approximate surface area is 67.4 Å². The second-order valence-corrected chi connectivity index (χ2v) is 4.99. The minimum Gasteiger partial charge on any atom is -0.330 e. The van der Waals surface area contributed by atoms with Crippen LogP contribution in [0.3, 0.4) is 0 Å². The minimum absolute atomic E-state index is 0.365. The summed E-state index contributed by atoms with van der Waals surface area (Å²) in [4.78, 5) is 0. The molecule has 0 radical (unpaired) electrons. The molecule has 11 heavy (non-hydrogen) atoms. The molecule has 0 aromatic carbocycles. The van der Waals surface area contributed by atoms with Gasteiger partial charge in [-0.3, -0.25) is 0 Å². The Morgan fingerprint density at radius 1 is 1.64 bits per heavy atom. The summed E-state index contributed by atoms with van der Waals surface area (Å²) in [6.45, 7) is 1.84. The molecule has 0 aromatic rings. The molecular weight excluding hydrogens is 164 g/mol. The van der Waals surface area contributed by atoms with E-state index < -0.39 is 10.0 Å². The minimum atomic E-state index is -2.97. The van der Waals surface area contributed by atoms with Gasteiger partial charge in [-0.25, -0.2) is 12.7 Å². The van der Waals surface area contributed by atoms with E-state index in [1.54, 1.807) is 0 Å². The van der Waals surface area contributed by atoms with Gasteiger partial charge in [0, 0.05) is 13.1 Å². The van der Waals surface area contributed by atoms with Crippen LogP contribution in [-0.2, 0) is 10.0 Å². The highest BCUT2D eigenvalue weighted by atomic mass is 32.2. The molecule has 1 atom stereocenters. The van der Waals surface area contributed by atoms with E-state index in [9.17, 15) is 8.42 Å². The highest BCUT2D eigenvalue weighted by Gasteiger charge is 2.27. The summed E-state index contributed by atoms with van der Waals surface area (Å²) < 4.78 is 23.5. The molecule has 5 heteroatoms. The Balaban J connectivity index is 2.55. The van der Waals surface area contributed by atoms with E-state index in [0.29, 0.717) is 25.6 Å². The van der Waals surface area contributed by atoms with Crippen LogP contribution in [0, 0.1) is 5.92 Å². The summed E-state index contributed by atoms with van der Waals surface area (Å²) >= 11 is 0. The third-order valence-corrected chi connectivity index (χ3v) is 3.32. The molecular formula is C6H14N2O2S. The number of rotatable bonds is 2. The van der Waals surface area contributed by atoms with Gasteiger partial charge in [0.05, 0.1) is 6.26 Å². The van der Waals surface area contributed by atoms with Crippen LogP contribution in [0.2, 0.25) is 0 Å². The van der Waals surface area contributed by atoms with Gasteiger partial charge in [0.2, 0.25) is 10.0 Å². The summed E-state index contributed by atoms with van der Waals surface area (Å²) in [7, 11) is -2.97. The Morgan fingerprint density at radius 2 is 2.27 bits per heavy atom. The maximum absolute atomic E-state index is 11.0. The van der Waals surface area contributed by atoms with E-state index in [0.717, 1.165) is 6.42 Å². The predicted octanol–water partition coefficient (Wildman–Crippen LogP) is -0.773. The van der Waals surface area contributed by atoms with E-state index in [1.165, 1.54) is 10.6 Å². The van der Waals surface area contributed by atoms with Crippen molar-refractivity contribution in [3.05, 3.63) is 0 Å². The molecule has 1 rings (SSSR count). The molecule has 0 aliphatic carbocycles. The van der Waals surface area contributed by atoms with Crippen molar-refractivity contribution >= 4 is 10.0 Å². The van der Waals surface area contributed by atoms with Crippen LogP contribution in [0.4, 0.5) is 0 Å². The zero-order chi connectivity index (χ0) is 8.48. The maximum Gasteiger partial charge on any atom is 0.211 e. The molecule has 2 N–H and O–H groups in total. The second kappa shape index (κ2) is 3.08. The average molecular weight is 178 g/mol. The fraction of sp³-hybridized carbons (Fsp3) is 1.00. The van der Waals surface area contributed by atoms with Gasteiger partial charge in [-0.2, -0.15) is 0 Å². The maximum atomic E-state index is 11.0. The number of nitrogens with two attached hydrogens (primary N) is 1. The van der Waals surface area contributed by atoms with Crippen LogP contribution in [0.1, 0.15) is 6.42 Å². The van der Waals surface area contributed by atoms with Crippen molar-refractivity contribution in [1.82, 2.24) is 4.31 Å². The van der Waals surface area contributed by atoms with Gasteiger partial charge in [-0.15, -0.1) is 0 Å². The van der Waals surface area contributed by atoms with Crippen molar-refractivity contribution < 1.29 is 8.42 Å². The third-order valence-electron chi connectivity index (χ3n) is 2.05. The first-order valence-electron chi connectivity index (χ1n) is 3.69. The molecule has 1 fully saturated rings. The van der Waals surface area contributed by atoms with Crippen LogP contribution in [-0.4, -0.2) is 38.6 Å². The molecule has 1 heterocycles. The summed E-state index contributed by atoms with van der Waals surface area (Å²) in [5.74, 6) is 0.365. The summed E-state index contributed by atoms with van der Waals surface area (Å²) in [5.41, 5.74) is 5.42. The highest BCUT2D eigenvalue weighted by Crippen LogP contribution is 2.16. The predicted molar refractivity (Wildman–Crippen MR) is 43.6 cm³/mol. The first kappa shape index (κ1) is 8.96. The van der Waals surface area contributed by atoms with E-state index >= 15 is 0 Å². The number of nitrogens with zero attached hydrogens (tertiary/aromatic N) is 1. The van der Waals surface area contributed by atoms with Gasteiger partial charge in [0.15, 0.2) is 0 Å². The topological polar surface area (TPSA) is 63.4 Å². The molecule has 66 valence electrons. The van der Waals surface area contributed by atoms with Gasteiger partial charge < -0.3 is 5.73 Å². The highest BCUT2D eigenvalue weighted by molar-refractivity contribution is 7.88. The SMILES string of the molecule is CS(=O)(=O)N1CCC(CN)C1. The van der Waals surface area contributed by atoms with Crippen LogP contribution < -0.4 is 5.73 Å². The fourth-order valence-corrected chi connectivity index (χ4v) is 2.21. The lowest BCUT2D eigenvalue weighted by Gasteiger charge is -2.11. The van der Waals surface area contributed by atoms with Crippen LogP contribution in [0.15, 0.2) is 0 Å². The van der Waals surface area contributed by atoms with Gasteiger partial charge >= 0.3 is 0 Å². The van der Waals surface area contributed by atoms with E-state index in [-0.39, 0.29) is 0 Å². The van der Waals surface area contributed by atoms with E-state index in [1.807, 2.05) is 0 Å². The fourth-order valence-electron chi connectivity index (χ4n) is 1.29. The molecule has 0 spiro atoms. The van der Waals surface area contributed by atoms with Crippen molar-refractivity contribution in [2.75, 3.05) is 25.9 Å². The zero-order valence-electron chi connectivity index (χ0n) is 6.66. The van der Waals surface area contributed by atoms with E-state index in [4.69, 9.17) is 5.73 Å². The second-order valence-electron chi connectivity index (χ2n) is 3.01.